The van der Waals surface area contributed by atoms with E-state index in [9.17, 15) is 0 Å². The summed E-state index contributed by atoms with van der Waals surface area (Å²) in [4.78, 5) is 2.81. The summed E-state index contributed by atoms with van der Waals surface area (Å²) in [6.45, 7) is 6.29. The van der Waals surface area contributed by atoms with Gasteiger partial charge in [-0.25, -0.2) is 0 Å². The van der Waals surface area contributed by atoms with Crippen molar-refractivity contribution in [3.8, 4) is 0 Å². The molecule has 0 aliphatic carbocycles. The zero-order chi connectivity index (χ0) is 10.6. The summed E-state index contributed by atoms with van der Waals surface area (Å²) in [6.07, 6.45) is 1.02. The van der Waals surface area contributed by atoms with Crippen LogP contribution >= 0.6 is 0 Å². The van der Waals surface area contributed by atoms with Gasteiger partial charge in [-0.2, -0.15) is 0 Å². The quantitative estimate of drug-likeness (QED) is 0.390. The van der Waals surface area contributed by atoms with Gasteiger partial charge < -0.3 is 0 Å². The molecule has 1 aromatic carbocycles. The summed E-state index contributed by atoms with van der Waals surface area (Å²) >= 11 is 0. The molecular formula is C11H15N3. The first-order chi connectivity index (χ1) is 6.63. The standard InChI is InChI=1S/C11H15N3/c1-8(2)6-10-5-4-9(3)11(7-10)13-14-12/h4-5,7-8H,6H2,1-3H3. The Morgan fingerprint density at radius 3 is 2.71 bits per heavy atom. The predicted octanol–water partition coefficient (Wildman–Crippen LogP) is 4.14. The van der Waals surface area contributed by atoms with Crippen LogP contribution in [0.15, 0.2) is 23.3 Å². The van der Waals surface area contributed by atoms with Crippen molar-refractivity contribution >= 4 is 5.69 Å². The van der Waals surface area contributed by atoms with E-state index >= 15 is 0 Å². The van der Waals surface area contributed by atoms with E-state index in [4.69, 9.17) is 5.53 Å². The monoisotopic (exact) mass is 189 g/mol. The number of hydrogen-bond acceptors (Lipinski definition) is 1. The van der Waals surface area contributed by atoms with Crippen molar-refractivity contribution in [3.05, 3.63) is 39.8 Å². The number of rotatable bonds is 3. The lowest BCUT2D eigenvalue weighted by Crippen LogP contribution is -1.93. The fourth-order valence-corrected chi connectivity index (χ4v) is 1.41. The molecule has 0 atom stereocenters. The van der Waals surface area contributed by atoms with E-state index in [0.717, 1.165) is 17.7 Å². The lowest BCUT2D eigenvalue weighted by atomic mass is 10.0. The summed E-state index contributed by atoms with van der Waals surface area (Å²) in [5.41, 5.74) is 11.4. The Kier molecular flexibility index (Phi) is 3.55. The second-order valence-corrected chi connectivity index (χ2v) is 3.91. The van der Waals surface area contributed by atoms with E-state index in [2.05, 4.69) is 29.9 Å². The molecule has 0 saturated carbocycles. The Morgan fingerprint density at radius 1 is 1.43 bits per heavy atom. The van der Waals surface area contributed by atoms with E-state index in [1.54, 1.807) is 0 Å². The summed E-state index contributed by atoms with van der Waals surface area (Å²) in [6, 6.07) is 6.06. The van der Waals surface area contributed by atoms with Crippen molar-refractivity contribution in [3.63, 3.8) is 0 Å². The molecule has 0 aliphatic heterocycles. The van der Waals surface area contributed by atoms with Crippen LogP contribution < -0.4 is 0 Å². The van der Waals surface area contributed by atoms with Crippen molar-refractivity contribution in [2.75, 3.05) is 0 Å². The molecule has 1 rings (SSSR count). The smallest absolute Gasteiger partial charge is 0.0407 e. The van der Waals surface area contributed by atoms with E-state index in [1.807, 2.05) is 19.1 Å². The summed E-state index contributed by atoms with van der Waals surface area (Å²) in [5, 5.41) is 3.65. The molecule has 1 aromatic rings. The van der Waals surface area contributed by atoms with Crippen molar-refractivity contribution in [1.29, 1.82) is 0 Å². The molecule has 0 N–H and O–H groups in total. The second-order valence-electron chi connectivity index (χ2n) is 3.91. The molecule has 0 amide bonds. The van der Waals surface area contributed by atoms with Crippen LogP contribution in [-0.2, 0) is 6.42 Å². The van der Waals surface area contributed by atoms with Crippen molar-refractivity contribution in [1.82, 2.24) is 0 Å². The zero-order valence-corrected chi connectivity index (χ0v) is 8.86. The first-order valence-corrected chi connectivity index (χ1v) is 4.78. The maximum absolute atomic E-state index is 8.38. The lowest BCUT2D eigenvalue weighted by Gasteiger charge is -2.06. The highest BCUT2D eigenvalue weighted by molar-refractivity contribution is 5.47. The first kappa shape index (κ1) is 10.6. The number of aryl methyl sites for hydroxylation is 1. The number of azide groups is 1. The molecule has 0 aromatic heterocycles. The van der Waals surface area contributed by atoms with Gasteiger partial charge in [-0.1, -0.05) is 31.1 Å². The Labute approximate surface area is 84.4 Å². The van der Waals surface area contributed by atoms with E-state index in [-0.39, 0.29) is 0 Å². The maximum Gasteiger partial charge on any atom is 0.0407 e. The summed E-state index contributed by atoms with van der Waals surface area (Å²) in [7, 11) is 0. The molecule has 0 unspecified atom stereocenters. The maximum atomic E-state index is 8.38. The Bertz CT molecular complexity index is 363. The molecule has 3 nitrogen and oxygen atoms in total. The molecule has 0 heterocycles. The number of nitrogens with zero attached hydrogens (tertiary/aromatic N) is 3. The van der Waals surface area contributed by atoms with Gasteiger partial charge in [0.15, 0.2) is 0 Å². The Hall–Kier alpha value is -1.47. The molecule has 0 fully saturated rings. The fourth-order valence-electron chi connectivity index (χ4n) is 1.41. The zero-order valence-electron chi connectivity index (χ0n) is 8.86. The third kappa shape index (κ3) is 2.79. The van der Waals surface area contributed by atoms with Gasteiger partial charge in [0, 0.05) is 10.6 Å². The van der Waals surface area contributed by atoms with Gasteiger partial charge in [0.05, 0.1) is 0 Å². The van der Waals surface area contributed by atoms with Crippen LogP contribution in [0.25, 0.3) is 10.4 Å². The van der Waals surface area contributed by atoms with E-state index in [0.29, 0.717) is 5.92 Å². The molecule has 0 radical (unpaired) electrons. The van der Waals surface area contributed by atoms with E-state index in [1.165, 1.54) is 5.56 Å². The van der Waals surface area contributed by atoms with Crippen molar-refractivity contribution < 1.29 is 0 Å². The van der Waals surface area contributed by atoms with Gasteiger partial charge in [-0.3, -0.25) is 0 Å². The van der Waals surface area contributed by atoms with Crippen LogP contribution in [0.4, 0.5) is 5.69 Å². The highest BCUT2D eigenvalue weighted by atomic mass is 15.1. The van der Waals surface area contributed by atoms with Crippen LogP contribution in [0.3, 0.4) is 0 Å². The van der Waals surface area contributed by atoms with Gasteiger partial charge in [0.25, 0.3) is 0 Å². The van der Waals surface area contributed by atoms with Crippen LogP contribution in [0.5, 0.6) is 0 Å². The molecule has 0 spiro atoms. The van der Waals surface area contributed by atoms with Gasteiger partial charge in [-0.15, -0.1) is 0 Å². The van der Waals surface area contributed by atoms with Crippen molar-refractivity contribution in [2.45, 2.75) is 27.2 Å². The van der Waals surface area contributed by atoms with Crippen LogP contribution in [-0.4, -0.2) is 0 Å². The third-order valence-electron chi connectivity index (χ3n) is 2.07. The normalized spacial score (nSPS) is 10.0. The highest BCUT2D eigenvalue weighted by Crippen LogP contribution is 2.21. The largest absolute Gasteiger partial charge is 0.0625 e. The van der Waals surface area contributed by atoms with Crippen LogP contribution in [0.2, 0.25) is 0 Å². The minimum Gasteiger partial charge on any atom is -0.0625 e. The van der Waals surface area contributed by atoms with E-state index < -0.39 is 0 Å². The fraction of sp³-hybridized carbons (Fsp3) is 0.455. The molecule has 0 bridgehead atoms. The Morgan fingerprint density at radius 2 is 2.14 bits per heavy atom. The average Bonchev–Trinajstić information content (AvgIpc) is 2.10. The summed E-state index contributed by atoms with van der Waals surface area (Å²) < 4.78 is 0. The minimum atomic E-state index is 0.622. The Balaban J connectivity index is 3.00. The van der Waals surface area contributed by atoms with Crippen LogP contribution in [0.1, 0.15) is 25.0 Å². The molecule has 0 saturated heterocycles. The van der Waals surface area contributed by atoms with Gasteiger partial charge in [-0.05, 0) is 42.0 Å². The molecule has 0 aliphatic rings. The minimum absolute atomic E-state index is 0.622. The molecule has 74 valence electrons. The highest BCUT2D eigenvalue weighted by Gasteiger charge is 2.00. The predicted molar refractivity (Wildman–Crippen MR) is 58.5 cm³/mol. The molecule has 3 heteroatoms. The summed E-state index contributed by atoms with van der Waals surface area (Å²) in [5.74, 6) is 0.622. The lowest BCUT2D eigenvalue weighted by molar-refractivity contribution is 0.647. The molecule has 14 heavy (non-hydrogen) atoms. The van der Waals surface area contributed by atoms with Crippen LogP contribution in [0, 0.1) is 12.8 Å². The SMILES string of the molecule is Cc1ccc(CC(C)C)cc1N=[N+]=[N-]. The van der Waals surface area contributed by atoms with Gasteiger partial charge in [0.2, 0.25) is 0 Å². The number of benzene rings is 1. The second kappa shape index (κ2) is 4.68. The first-order valence-electron chi connectivity index (χ1n) is 4.78. The van der Waals surface area contributed by atoms with Gasteiger partial charge >= 0.3 is 0 Å². The average molecular weight is 189 g/mol. The topological polar surface area (TPSA) is 48.8 Å². The third-order valence-corrected chi connectivity index (χ3v) is 2.07. The number of hydrogen-bond donors (Lipinski definition) is 0. The van der Waals surface area contributed by atoms with Gasteiger partial charge in [0.1, 0.15) is 0 Å². The molecular weight excluding hydrogens is 174 g/mol. The van der Waals surface area contributed by atoms with Crippen molar-refractivity contribution in [2.24, 2.45) is 11.0 Å².